The molecule has 1 radical (unpaired) electrons. The second-order valence-corrected chi connectivity index (χ2v) is 3.51. The van der Waals surface area contributed by atoms with Gasteiger partial charge in [0.05, 0.1) is 17.7 Å². The topological polar surface area (TPSA) is 70.5 Å². The van der Waals surface area contributed by atoms with Crippen LogP contribution in [-0.4, -0.2) is 52.6 Å². The fourth-order valence-corrected chi connectivity index (χ4v) is 1.73. The minimum absolute atomic E-state index is 0. The van der Waals surface area contributed by atoms with Crippen molar-refractivity contribution in [3.63, 3.8) is 0 Å². The first-order chi connectivity index (χ1) is 7.40. The number of nitrogens with one attached hydrogen (secondary N) is 1. The Morgan fingerprint density at radius 3 is 2.69 bits per heavy atom. The van der Waals surface area contributed by atoms with Crippen molar-refractivity contribution in [2.24, 2.45) is 5.29 Å². The van der Waals surface area contributed by atoms with Crippen molar-refractivity contribution in [1.29, 1.82) is 0 Å². The van der Waals surface area contributed by atoms with Crippen molar-refractivity contribution in [2.45, 2.75) is 19.3 Å². The summed E-state index contributed by atoms with van der Waals surface area (Å²) in [5.74, 6) is 1.21. The summed E-state index contributed by atoms with van der Waals surface area (Å²) in [6, 6.07) is 0. The molecule has 16 heavy (non-hydrogen) atoms. The van der Waals surface area contributed by atoms with Gasteiger partial charge in [0.1, 0.15) is 5.82 Å². The summed E-state index contributed by atoms with van der Waals surface area (Å²) < 4.78 is 0. The molecule has 2 heterocycles. The molecule has 1 aliphatic rings. The smallest absolute Gasteiger partial charge is 0.169 e. The molecule has 1 fully saturated rings. The van der Waals surface area contributed by atoms with E-state index in [0.717, 1.165) is 18.9 Å². The summed E-state index contributed by atoms with van der Waals surface area (Å²) in [4.78, 5) is 20.5. The molecule has 1 N–H and O–H groups in total. The van der Waals surface area contributed by atoms with Gasteiger partial charge in [-0.15, -0.1) is 4.91 Å². The van der Waals surface area contributed by atoms with E-state index in [0.29, 0.717) is 5.82 Å². The number of nitrogens with zero attached hydrogens (tertiary/aromatic N) is 4. The van der Waals surface area contributed by atoms with Crippen molar-refractivity contribution in [1.82, 2.24) is 9.97 Å². The van der Waals surface area contributed by atoms with Gasteiger partial charge in [-0.05, 0) is 19.3 Å². The van der Waals surface area contributed by atoms with Crippen LogP contribution in [0.5, 0.6) is 0 Å². The third-order valence-electron chi connectivity index (χ3n) is 2.46. The average Bonchev–Trinajstić information content (AvgIpc) is 2.31. The second kappa shape index (κ2) is 6.78. The fraction of sp³-hybridized carbons (Fsp3) is 0.556. The maximum absolute atomic E-state index is 10.0. The molecular weight excluding hydrogens is 217 g/mol. The molecule has 1 aromatic rings. The van der Waals surface area contributed by atoms with Crippen LogP contribution in [0.4, 0.5) is 11.6 Å². The molecule has 1 aromatic heterocycles. The zero-order valence-electron chi connectivity index (χ0n) is 9.39. The number of piperidine rings is 1. The number of anilines is 2. The van der Waals surface area contributed by atoms with Crippen molar-refractivity contribution in [3.05, 3.63) is 17.3 Å². The van der Waals surface area contributed by atoms with Gasteiger partial charge in [-0.2, -0.15) is 0 Å². The Labute approximate surface area is 116 Å². The van der Waals surface area contributed by atoms with Gasteiger partial charge in [0.25, 0.3) is 0 Å². The van der Waals surface area contributed by atoms with E-state index in [4.69, 9.17) is 0 Å². The molecule has 0 atom stereocenters. The Morgan fingerprint density at radius 2 is 2.00 bits per heavy atom. The predicted octanol–water partition coefficient (Wildman–Crippen LogP) is 1.18. The van der Waals surface area contributed by atoms with Crippen LogP contribution in [0, 0.1) is 4.91 Å². The predicted molar refractivity (Wildman–Crippen MR) is 63.3 cm³/mol. The standard InChI is InChI=1S/C9H13N5O.Na/c15-13-12-8-6-10-7-9(11-8)14-4-2-1-3-5-14;/h6-7H,1-5H2,(H,11,12,15);. The molecule has 0 spiro atoms. The summed E-state index contributed by atoms with van der Waals surface area (Å²) in [6.45, 7) is 2.01. The molecule has 0 saturated carbocycles. The third-order valence-corrected chi connectivity index (χ3v) is 2.46. The molecule has 0 unspecified atom stereocenters. The molecular formula is C9H13N5NaO. The molecule has 1 saturated heterocycles. The minimum atomic E-state index is 0. The van der Waals surface area contributed by atoms with Crippen LogP contribution in [0.1, 0.15) is 19.3 Å². The number of aromatic nitrogens is 2. The fourth-order valence-electron chi connectivity index (χ4n) is 1.73. The maximum Gasteiger partial charge on any atom is 0.169 e. The van der Waals surface area contributed by atoms with Crippen LogP contribution >= 0.6 is 0 Å². The minimum Gasteiger partial charge on any atom is -0.355 e. The number of hydrogen-bond donors (Lipinski definition) is 1. The van der Waals surface area contributed by atoms with Gasteiger partial charge < -0.3 is 4.90 Å². The van der Waals surface area contributed by atoms with E-state index < -0.39 is 0 Å². The maximum atomic E-state index is 10.0. The van der Waals surface area contributed by atoms with Gasteiger partial charge in [-0.1, -0.05) is 0 Å². The van der Waals surface area contributed by atoms with Gasteiger partial charge in [0.2, 0.25) is 0 Å². The third kappa shape index (κ3) is 3.40. The van der Waals surface area contributed by atoms with E-state index >= 15 is 0 Å². The monoisotopic (exact) mass is 230 g/mol. The van der Waals surface area contributed by atoms with E-state index in [1.807, 2.05) is 0 Å². The summed E-state index contributed by atoms with van der Waals surface area (Å²) >= 11 is 0. The summed E-state index contributed by atoms with van der Waals surface area (Å²) in [7, 11) is 0. The summed E-state index contributed by atoms with van der Waals surface area (Å²) in [5, 5.41) is 2.57. The van der Waals surface area contributed by atoms with Crippen LogP contribution in [0.3, 0.4) is 0 Å². The number of nitroso groups, excluding NO2 is 1. The normalized spacial score (nSPS) is 15.1. The first-order valence-corrected chi connectivity index (χ1v) is 5.05. The van der Waals surface area contributed by atoms with Crippen LogP contribution < -0.4 is 10.3 Å². The molecule has 7 heteroatoms. The van der Waals surface area contributed by atoms with E-state index in [2.05, 4.69) is 25.6 Å². The molecule has 6 nitrogen and oxygen atoms in total. The molecule has 1 aliphatic heterocycles. The van der Waals surface area contributed by atoms with E-state index in [-0.39, 0.29) is 29.6 Å². The quantitative estimate of drug-likeness (QED) is 0.479. The molecule has 81 valence electrons. The summed E-state index contributed by atoms with van der Waals surface area (Å²) in [5.41, 5.74) is 2.26. The summed E-state index contributed by atoms with van der Waals surface area (Å²) in [6.07, 6.45) is 6.84. The van der Waals surface area contributed by atoms with Crippen molar-refractivity contribution in [3.8, 4) is 0 Å². The Morgan fingerprint density at radius 1 is 1.25 bits per heavy atom. The molecule has 0 aromatic carbocycles. The Hall–Kier alpha value is -0.720. The van der Waals surface area contributed by atoms with Crippen molar-refractivity contribution < 1.29 is 0 Å². The molecule has 0 amide bonds. The second-order valence-electron chi connectivity index (χ2n) is 3.51. The first kappa shape index (κ1) is 13.3. The number of rotatable bonds is 3. The van der Waals surface area contributed by atoms with Gasteiger partial charge in [-0.3, -0.25) is 4.98 Å². The van der Waals surface area contributed by atoms with Crippen molar-refractivity contribution >= 4 is 41.2 Å². The SMILES string of the molecule is O=NNc1cncc(N2CCCCC2)n1.[Na]. The van der Waals surface area contributed by atoms with E-state index in [1.165, 1.54) is 25.5 Å². The van der Waals surface area contributed by atoms with Gasteiger partial charge in [0.15, 0.2) is 5.82 Å². The first-order valence-electron chi connectivity index (χ1n) is 5.05. The van der Waals surface area contributed by atoms with Crippen LogP contribution in [-0.2, 0) is 0 Å². The van der Waals surface area contributed by atoms with Crippen LogP contribution in [0.2, 0.25) is 0 Å². The van der Waals surface area contributed by atoms with E-state index in [9.17, 15) is 4.91 Å². The van der Waals surface area contributed by atoms with Gasteiger partial charge in [0, 0.05) is 42.6 Å². The largest absolute Gasteiger partial charge is 0.355 e. The molecule has 0 bridgehead atoms. The van der Waals surface area contributed by atoms with Crippen molar-refractivity contribution in [2.75, 3.05) is 23.4 Å². The number of hydrogen-bond acceptors (Lipinski definition) is 5. The Kier molecular flexibility index (Phi) is 5.65. The van der Waals surface area contributed by atoms with Gasteiger partial charge in [-0.25, -0.2) is 10.4 Å². The molecule has 0 aliphatic carbocycles. The van der Waals surface area contributed by atoms with Crippen LogP contribution in [0.15, 0.2) is 17.7 Å². The van der Waals surface area contributed by atoms with Crippen LogP contribution in [0.25, 0.3) is 0 Å². The average molecular weight is 230 g/mol. The Bertz CT molecular complexity index is 342. The Balaban J connectivity index is 0.00000128. The molecule has 2 rings (SSSR count). The zero-order chi connectivity index (χ0) is 10.5. The van der Waals surface area contributed by atoms with E-state index in [1.54, 1.807) is 6.20 Å². The zero-order valence-corrected chi connectivity index (χ0v) is 11.4. The van der Waals surface area contributed by atoms with Gasteiger partial charge >= 0.3 is 0 Å².